The Labute approximate surface area is 199 Å². The van der Waals surface area contributed by atoms with Gasteiger partial charge in [0.15, 0.2) is 16.6 Å². The minimum Gasteiger partial charge on any atom is -0.493 e. The number of benzene rings is 2. The summed E-state index contributed by atoms with van der Waals surface area (Å²) in [6.07, 6.45) is 4.18. The van der Waals surface area contributed by atoms with E-state index in [9.17, 15) is 4.79 Å². The molecule has 0 bridgehead atoms. The summed E-state index contributed by atoms with van der Waals surface area (Å²) in [6.45, 7) is 7.47. The molecule has 0 aliphatic rings. The molecule has 7 heteroatoms. The zero-order valence-corrected chi connectivity index (χ0v) is 20.3. The fraction of sp³-hybridized carbons (Fsp3) is 0.308. The lowest BCUT2D eigenvalue weighted by molar-refractivity contribution is -0.111. The van der Waals surface area contributed by atoms with Crippen LogP contribution in [0.15, 0.2) is 53.9 Å². The van der Waals surface area contributed by atoms with E-state index in [4.69, 9.17) is 14.2 Å². The Morgan fingerprint density at radius 3 is 2.70 bits per heavy atom. The highest BCUT2D eigenvalue weighted by Gasteiger charge is 2.11. The van der Waals surface area contributed by atoms with Crippen molar-refractivity contribution in [1.82, 2.24) is 4.98 Å². The molecule has 1 aromatic heterocycles. The summed E-state index contributed by atoms with van der Waals surface area (Å²) in [5, 5.41) is 5.25. The molecule has 0 unspecified atom stereocenters. The van der Waals surface area contributed by atoms with Crippen molar-refractivity contribution >= 4 is 28.5 Å². The number of nitrogens with one attached hydrogen (secondary N) is 1. The van der Waals surface area contributed by atoms with Crippen molar-refractivity contribution in [3.8, 4) is 28.5 Å². The molecular formula is C26H30N2O4S. The van der Waals surface area contributed by atoms with Crippen LogP contribution in [-0.2, 0) is 4.79 Å². The van der Waals surface area contributed by atoms with E-state index in [1.54, 1.807) is 13.2 Å². The molecule has 1 amide bonds. The highest BCUT2D eigenvalue weighted by molar-refractivity contribution is 7.14. The van der Waals surface area contributed by atoms with Gasteiger partial charge in [0, 0.05) is 17.0 Å². The fourth-order valence-corrected chi connectivity index (χ4v) is 3.76. The molecule has 0 saturated heterocycles. The smallest absolute Gasteiger partial charge is 0.250 e. The van der Waals surface area contributed by atoms with Gasteiger partial charge in [0.25, 0.3) is 0 Å². The maximum atomic E-state index is 12.4. The maximum Gasteiger partial charge on any atom is 0.250 e. The zero-order chi connectivity index (χ0) is 23.6. The Kier molecular flexibility index (Phi) is 8.89. The Morgan fingerprint density at radius 1 is 1.12 bits per heavy atom. The second-order valence-corrected chi connectivity index (χ2v) is 8.59. The first-order valence-electron chi connectivity index (χ1n) is 11.0. The Morgan fingerprint density at radius 2 is 1.94 bits per heavy atom. The van der Waals surface area contributed by atoms with Crippen LogP contribution < -0.4 is 19.5 Å². The Hall–Kier alpha value is -3.32. The number of rotatable bonds is 11. The van der Waals surface area contributed by atoms with Crippen LogP contribution in [0.4, 0.5) is 5.13 Å². The largest absolute Gasteiger partial charge is 0.493 e. The van der Waals surface area contributed by atoms with Gasteiger partial charge in [-0.15, -0.1) is 11.3 Å². The van der Waals surface area contributed by atoms with Crippen molar-refractivity contribution in [2.24, 2.45) is 5.92 Å². The van der Waals surface area contributed by atoms with E-state index in [1.807, 2.05) is 54.8 Å². The van der Waals surface area contributed by atoms with Crippen molar-refractivity contribution in [1.29, 1.82) is 0 Å². The molecular weight excluding hydrogens is 436 g/mol. The summed E-state index contributed by atoms with van der Waals surface area (Å²) in [5.74, 6) is 2.42. The van der Waals surface area contributed by atoms with E-state index in [2.05, 4.69) is 24.1 Å². The van der Waals surface area contributed by atoms with Crippen LogP contribution in [0.3, 0.4) is 0 Å². The Balaban J connectivity index is 1.63. The summed E-state index contributed by atoms with van der Waals surface area (Å²) >= 11 is 1.37. The average molecular weight is 467 g/mol. The predicted octanol–water partition coefficient (Wildman–Crippen LogP) is 6.29. The molecule has 1 N–H and O–H groups in total. The molecule has 6 nitrogen and oxygen atoms in total. The molecule has 0 aliphatic heterocycles. The van der Waals surface area contributed by atoms with E-state index in [1.165, 1.54) is 17.4 Å². The third-order valence-corrected chi connectivity index (χ3v) is 5.52. The minimum absolute atomic E-state index is 0.259. The monoisotopic (exact) mass is 466 g/mol. The number of aromatic nitrogens is 1. The summed E-state index contributed by atoms with van der Waals surface area (Å²) < 4.78 is 16.9. The van der Waals surface area contributed by atoms with Crippen LogP contribution >= 0.6 is 11.3 Å². The van der Waals surface area contributed by atoms with Crippen LogP contribution in [-0.4, -0.2) is 31.2 Å². The predicted molar refractivity (Wildman–Crippen MR) is 134 cm³/mol. The van der Waals surface area contributed by atoms with Crippen molar-refractivity contribution in [3.63, 3.8) is 0 Å². The highest BCUT2D eigenvalue weighted by atomic mass is 32.1. The normalized spacial score (nSPS) is 11.1. The molecule has 3 aromatic rings. The number of hydrogen-bond acceptors (Lipinski definition) is 6. The standard InChI is InChI=1S/C26H30N2O4S/c1-5-31-22-9-7-6-8-20(22)21-17-33-26(27-21)28-25(29)13-11-19-10-12-23(24(16-19)30-4)32-15-14-18(2)3/h6-13,16-18H,5,14-15H2,1-4H3,(H,27,28,29). The minimum atomic E-state index is -0.259. The van der Waals surface area contributed by atoms with Gasteiger partial charge in [-0.05, 0) is 55.2 Å². The molecule has 3 rings (SSSR count). The van der Waals surface area contributed by atoms with Crippen LogP contribution in [0.2, 0.25) is 0 Å². The number of carbonyl (C=O) groups excluding carboxylic acids is 1. The molecule has 1 heterocycles. The molecule has 33 heavy (non-hydrogen) atoms. The number of thiazole rings is 1. The number of amides is 1. The number of nitrogens with zero attached hydrogens (tertiary/aromatic N) is 1. The van der Waals surface area contributed by atoms with Gasteiger partial charge in [-0.3, -0.25) is 10.1 Å². The van der Waals surface area contributed by atoms with Crippen molar-refractivity contribution < 1.29 is 19.0 Å². The van der Waals surface area contributed by atoms with Gasteiger partial charge < -0.3 is 14.2 Å². The summed E-state index contributed by atoms with van der Waals surface area (Å²) in [4.78, 5) is 16.9. The second kappa shape index (κ2) is 12.1. The molecule has 0 radical (unpaired) electrons. The van der Waals surface area contributed by atoms with Crippen LogP contribution in [0.25, 0.3) is 17.3 Å². The molecule has 0 spiro atoms. The molecule has 0 saturated carbocycles. The third kappa shape index (κ3) is 7.08. The van der Waals surface area contributed by atoms with Gasteiger partial charge >= 0.3 is 0 Å². The van der Waals surface area contributed by atoms with E-state index in [-0.39, 0.29) is 5.91 Å². The number of carbonyl (C=O) groups is 1. The summed E-state index contributed by atoms with van der Waals surface area (Å²) in [6, 6.07) is 13.3. The maximum absolute atomic E-state index is 12.4. The lowest BCUT2D eigenvalue weighted by Gasteiger charge is -2.12. The Bertz CT molecular complexity index is 1090. The first kappa shape index (κ1) is 24.3. The first-order chi connectivity index (χ1) is 16.0. The van der Waals surface area contributed by atoms with Crippen molar-refractivity contribution in [2.75, 3.05) is 25.6 Å². The number of anilines is 1. The molecule has 2 aromatic carbocycles. The molecule has 0 aliphatic carbocycles. The summed E-state index contributed by atoms with van der Waals surface area (Å²) in [7, 11) is 1.61. The van der Waals surface area contributed by atoms with Crippen LogP contribution in [0.5, 0.6) is 17.2 Å². The van der Waals surface area contributed by atoms with Gasteiger partial charge in [0.05, 0.1) is 26.0 Å². The van der Waals surface area contributed by atoms with Gasteiger partial charge in [0.1, 0.15) is 5.75 Å². The third-order valence-electron chi connectivity index (χ3n) is 4.76. The van der Waals surface area contributed by atoms with E-state index < -0.39 is 0 Å². The number of methoxy groups -OCH3 is 1. The van der Waals surface area contributed by atoms with Crippen molar-refractivity contribution in [2.45, 2.75) is 27.2 Å². The van der Waals surface area contributed by atoms with E-state index in [0.717, 1.165) is 29.0 Å². The van der Waals surface area contributed by atoms with Gasteiger partial charge in [0.2, 0.25) is 5.91 Å². The molecule has 174 valence electrons. The SMILES string of the molecule is CCOc1ccccc1-c1csc(NC(=O)C=Cc2ccc(OCCC(C)C)c(OC)c2)n1. The molecule has 0 fully saturated rings. The average Bonchev–Trinajstić information content (AvgIpc) is 3.26. The number of hydrogen-bond donors (Lipinski definition) is 1. The number of para-hydroxylation sites is 1. The van der Waals surface area contributed by atoms with E-state index >= 15 is 0 Å². The quantitative estimate of drug-likeness (QED) is 0.336. The summed E-state index contributed by atoms with van der Waals surface area (Å²) in [5.41, 5.74) is 2.50. The van der Waals surface area contributed by atoms with Crippen molar-refractivity contribution in [3.05, 3.63) is 59.5 Å². The lowest BCUT2D eigenvalue weighted by Crippen LogP contribution is -2.07. The van der Waals surface area contributed by atoms with Crippen LogP contribution in [0.1, 0.15) is 32.8 Å². The van der Waals surface area contributed by atoms with Gasteiger partial charge in [-0.25, -0.2) is 4.98 Å². The van der Waals surface area contributed by atoms with Gasteiger partial charge in [-0.2, -0.15) is 0 Å². The fourth-order valence-electron chi connectivity index (χ4n) is 3.05. The highest BCUT2D eigenvalue weighted by Crippen LogP contribution is 2.32. The van der Waals surface area contributed by atoms with Crippen LogP contribution in [0, 0.1) is 5.92 Å². The number of ether oxygens (including phenoxy) is 3. The zero-order valence-electron chi connectivity index (χ0n) is 19.5. The first-order valence-corrected chi connectivity index (χ1v) is 11.9. The lowest BCUT2D eigenvalue weighted by atomic mass is 10.1. The van der Waals surface area contributed by atoms with Gasteiger partial charge in [-0.1, -0.05) is 32.0 Å². The topological polar surface area (TPSA) is 69.7 Å². The molecule has 0 atom stereocenters. The van der Waals surface area contributed by atoms with E-state index in [0.29, 0.717) is 35.8 Å². The second-order valence-electron chi connectivity index (χ2n) is 7.73.